The Labute approximate surface area is 126 Å². The highest BCUT2D eigenvalue weighted by Crippen LogP contribution is 2.16. The summed E-state index contributed by atoms with van der Waals surface area (Å²) in [6.45, 7) is 0. The number of nitrogens with zero attached hydrogens (tertiary/aromatic N) is 2. The monoisotopic (exact) mass is 299 g/mol. The van der Waals surface area contributed by atoms with Crippen LogP contribution in [-0.2, 0) is 0 Å². The molecule has 0 aliphatic carbocycles. The van der Waals surface area contributed by atoms with E-state index in [0.29, 0.717) is 16.9 Å². The minimum atomic E-state index is -0.482. The molecule has 1 amide bonds. The van der Waals surface area contributed by atoms with Crippen LogP contribution in [0.15, 0.2) is 53.6 Å². The number of ether oxygens (including phenoxy) is 1. The lowest BCUT2D eigenvalue weighted by Gasteiger charge is -2.05. The number of amides is 1. The fraction of sp³-hybridized carbons (Fsp3) is 0.0667. The molecule has 0 aromatic heterocycles. The highest BCUT2D eigenvalue weighted by molar-refractivity contribution is 5.97. The molecule has 0 bridgehead atoms. The summed E-state index contributed by atoms with van der Waals surface area (Å²) in [4.78, 5) is 22.0. The fourth-order valence-electron chi connectivity index (χ4n) is 1.74. The summed E-state index contributed by atoms with van der Waals surface area (Å²) >= 11 is 0. The number of carbonyl (C=O) groups is 1. The smallest absolute Gasteiger partial charge is 0.275 e. The first-order valence-corrected chi connectivity index (χ1v) is 6.32. The lowest BCUT2D eigenvalue weighted by Crippen LogP contribution is -2.18. The van der Waals surface area contributed by atoms with Crippen molar-refractivity contribution in [2.75, 3.05) is 7.11 Å². The number of hydrazone groups is 1. The van der Waals surface area contributed by atoms with E-state index < -0.39 is 10.8 Å². The molecule has 2 aromatic carbocycles. The number of hydrogen-bond donors (Lipinski definition) is 1. The standard InChI is InChI=1S/C15H13N3O4/c1-22-14-5-3-2-4-13(14)15(19)17-16-10-11-6-8-12(9-7-11)18(20)21/h2-10H,1H3,(H,17,19). The number of nitro benzene ring substituents is 1. The number of para-hydroxylation sites is 1. The Morgan fingerprint density at radius 3 is 2.55 bits per heavy atom. The molecule has 0 saturated heterocycles. The van der Waals surface area contributed by atoms with Crippen LogP contribution in [0.4, 0.5) is 5.69 Å². The molecule has 0 fully saturated rings. The molecule has 2 rings (SSSR count). The van der Waals surface area contributed by atoms with Crippen molar-refractivity contribution in [2.45, 2.75) is 0 Å². The third-order valence-corrected chi connectivity index (χ3v) is 2.84. The van der Waals surface area contributed by atoms with Crippen LogP contribution in [0.5, 0.6) is 5.75 Å². The van der Waals surface area contributed by atoms with Crippen molar-refractivity contribution in [3.05, 3.63) is 69.8 Å². The van der Waals surface area contributed by atoms with Crippen LogP contribution in [-0.4, -0.2) is 24.2 Å². The molecular weight excluding hydrogens is 286 g/mol. The number of nitrogens with one attached hydrogen (secondary N) is 1. The second-order valence-electron chi connectivity index (χ2n) is 4.25. The molecule has 0 unspecified atom stereocenters. The van der Waals surface area contributed by atoms with Crippen molar-refractivity contribution in [3.8, 4) is 5.75 Å². The van der Waals surface area contributed by atoms with Gasteiger partial charge >= 0.3 is 0 Å². The van der Waals surface area contributed by atoms with Gasteiger partial charge in [-0.15, -0.1) is 0 Å². The topological polar surface area (TPSA) is 93.8 Å². The van der Waals surface area contributed by atoms with Crippen molar-refractivity contribution >= 4 is 17.8 Å². The molecule has 2 aromatic rings. The van der Waals surface area contributed by atoms with Crippen LogP contribution in [0.2, 0.25) is 0 Å². The summed E-state index contributed by atoms with van der Waals surface area (Å²) < 4.78 is 5.09. The Morgan fingerprint density at radius 2 is 1.91 bits per heavy atom. The average molecular weight is 299 g/mol. The normalized spacial score (nSPS) is 10.4. The van der Waals surface area contributed by atoms with Gasteiger partial charge in [0.2, 0.25) is 0 Å². The first kappa shape index (κ1) is 15.2. The minimum absolute atomic E-state index is 0.00444. The van der Waals surface area contributed by atoms with E-state index >= 15 is 0 Å². The lowest BCUT2D eigenvalue weighted by molar-refractivity contribution is -0.384. The number of hydrogen-bond acceptors (Lipinski definition) is 5. The Hall–Kier alpha value is -3.22. The summed E-state index contributed by atoms with van der Waals surface area (Å²) in [5.74, 6) is 0.0427. The summed E-state index contributed by atoms with van der Waals surface area (Å²) in [6, 6.07) is 12.6. The number of non-ortho nitro benzene ring substituents is 1. The maximum atomic E-state index is 12.0. The van der Waals surface area contributed by atoms with E-state index in [1.54, 1.807) is 24.3 Å². The van der Waals surface area contributed by atoms with Crippen molar-refractivity contribution in [3.63, 3.8) is 0 Å². The van der Waals surface area contributed by atoms with Gasteiger partial charge in [-0.2, -0.15) is 5.10 Å². The van der Waals surface area contributed by atoms with Crippen LogP contribution < -0.4 is 10.2 Å². The largest absolute Gasteiger partial charge is 0.496 e. The SMILES string of the molecule is COc1ccccc1C(=O)NN=Cc1ccc([N+](=O)[O-])cc1. The first-order valence-electron chi connectivity index (χ1n) is 6.32. The second-order valence-corrected chi connectivity index (χ2v) is 4.25. The maximum absolute atomic E-state index is 12.0. The Morgan fingerprint density at radius 1 is 1.23 bits per heavy atom. The molecule has 0 heterocycles. The van der Waals surface area contributed by atoms with E-state index in [0.717, 1.165) is 0 Å². The molecule has 7 nitrogen and oxygen atoms in total. The average Bonchev–Trinajstić information content (AvgIpc) is 2.55. The van der Waals surface area contributed by atoms with Crippen LogP contribution >= 0.6 is 0 Å². The minimum Gasteiger partial charge on any atom is -0.496 e. The van der Waals surface area contributed by atoms with Crippen LogP contribution in [0, 0.1) is 10.1 Å². The number of nitro groups is 1. The van der Waals surface area contributed by atoms with Crippen molar-refractivity contribution in [2.24, 2.45) is 5.10 Å². The van der Waals surface area contributed by atoms with E-state index in [-0.39, 0.29) is 5.69 Å². The van der Waals surface area contributed by atoms with Gasteiger partial charge in [-0.1, -0.05) is 12.1 Å². The molecule has 7 heteroatoms. The number of rotatable bonds is 5. The van der Waals surface area contributed by atoms with Crippen LogP contribution in [0.3, 0.4) is 0 Å². The zero-order chi connectivity index (χ0) is 15.9. The third-order valence-electron chi connectivity index (χ3n) is 2.84. The Balaban J connectivity index is 2.02. The summed E-state index contributed by atoms with van der Waals surface area (Å²) in [5, 5.41) is 14.4. The Kier molecular flexibility index (Phi) is 4.81. The fourth-order valence-corrected chi connectivity index (χ4v) is 1.74. The molecule has 0 aliphatic rings. The second kappa shape index (κ2) is 6.98. The number of carbonyl (C=O) groups excluding carboxylic acids is 1. The van der Waals surface area contributed by atoms with Crippen molar-refractivity contribution in [1.29, 1.82) is 0 Å². The summed E-state index contributed by atoms with van der Waals surface area (Å²) in [7, 11) is 1.48. The quantitative estimate of drug-likeness (QED) is 0.521. The van der Waals surface area contributed by atoms with Gasteiger partial charge in [0.1, 0.15) is 5.75 Å². The number of benzene rings is 2. The van der Waals surface area contributed by atoms with Crippen molar-refractivity contribution < 1.29 is 14.5 Å². The highest BCUT2D eigenvalue weighted by Gasteiger charge is 2.10. The molecular formula is C15H13N3O4. The van der Waals surface area contributed by atoms with Crippen LogP contribution in [0.25, 0.3) is 0 Å². The summed E-state index contributed by atoms with van der Waals surface area (Å²) in [6.07, 6.45) is 1.40. The predicted octanol–water partition coefficient (Wildman–Crippen LogP) is 2.37. The molecule has 0 atom stereocenters. The zero-order valence-corrected chi connectivity index (χ0v) is 11.7. The van der Waals surface area contributed by atoms with Gasteiger partial charge in [0.15, 0.2) is 0 Å². The molecule has 0 spiro atoms. The van der Waals surface area contributed by atoms with Crippen LogP contribution in [0.1, 0.15) is 15.9 Å². The highest BCUT2D eigenvalue weighted by atomic mass is 16.6. The molecule has 1 N–H and O–H groups in total. The molecule has 0 aliphatic heterocycles. The zero-order valence-electron chi connectivity index (χ0n) is 11.7. The van der Waals surface area contributed by atoms with E-state index in [2.05, 4.69) is 10.5 Å². The van der Waals surface area contributed by atoms with E-state index in [9.17, 15) is 14.9 Å². The number of methoxy groups -OCH3 is 1. The maximum Gasteiger partial charge on any atom is 0.275 e. The van der Waals surface area contributed by atoms with Gasteiger partial charge in [-0.3, -0.25) is 14.9 Å². The van der Waals surface area contributed by atoms with E-state index in [4.69, 9.17) is 4.74 Å². The van der Waals surface area contributed by atoms with Gasteiger partial charge in [0.25, 0.3) is 11.6 Å². The van der Waals surface area contributed by atoms with Gasteiger partial charge in [0.05, 0.1) is 23.8 Å². The molecule has 112 valence electrons. The predicted molar refractivity (Wildman–Crippen MR) is 81.2 cm³/mol. The van der Waals surface area contributed by atoms with E-state index in [1.807, 2.05) is 0 Å². The lowest BCUT2D eigenvalue weighted by atomic mass is 10.2. The molecule has 22 heavy (non-hydrogen) atoms. The van der Waals surface area contributed by atoms with Gasteiger partial charge < -0.3 is 4.74 Å². The van der Waals surface area contributed by atoms with Crippen molar-refractivity contribution in [1.82, 2.24) is 5.43 Å². The molecule has 0 saturated carbocycles. The van der Waals surface area contributed by atoms with Gasteiger partial charge in [-0.25, -0.2) is 5.43 Å². The first-order chi connectivity index (χ1) is 10.6. The van der Waals surface area contributed by atoms with E-state index in [1.165, 1.54) is 37.6 Å². The third kappa shape index (κ3) is 3.66. The van der Waals surface area contributed by atoms with Gasteiger partial charge in [-0.05, 0) is 29.8 Å². The summed E-state index contributed by atoms with van der Waals surface area (Å²) in [5.41, 5.74) is 3.37. The Bertz CT molecular complexity index is 711. The molecule has 0 radical (unpaired) electrons. The van der Waals surface area contributed by atoms with Gasteiger partial charge in [0, 0.05) is 12.1 Å².